The maximum Gasteiger partial charge on any atom is 0.277 e. The SMILES string of the molecule is O=C(Cn1ccn2nc(-c3ccc(Cl)cc3)cc2c1=O)Nc1ccc(Br)cc1F. The summed E-state index contributed by atoms with van der Waals surface area (Å²) >= 11 is 9.06. The molecule has 4 aromatic rings. The Morgan fingerprint density at radius 3 is 2.62 bits per heavy atom. The normalized spacial score (nSPS) is 11.0. The Labute approximate surface area is 177 Å². The van der Waals surface area contributed by atoms with Crippen LogP contribution in [0.2, 0.25) is 5.02 Å². The maximum atomic E-state index is 13.9. The molecule has 2 aromatic heterocycles. The monoisotopic (exact) mass is 474 g/mol. The maximum absolute atomic E-state index is 13.9. The molecule has 9 heteroatoms. The third kappa shape index (κ3) is 4.08. The van der Waals surface area contributed by atoms with Gasteiger partial charge in [-0.3, -0.25) is 9.59 Å². The molecule has 0 atom stereocenters. The van der Waals surface area contributed by atoms with E-state index in [1.165, 1.54) is 27.4 Å². The number of fused-ring (bicyclic) bond motifs is 1. The molecule has 4 rings (SSSR count). The van der Waals surface area contributed by atoms with Gasteiger partial charge in [-0.15, -0.1) is 0 Å². The van der Waals surface area contributed by atoms with Gasteiger partial charge in [-0.25, -0.2) is 8.91 Å². The molecule has 1 N–H and O–H groups in total. The van der Waals surface area contributed by atoms with Crippen LogP contribution in [0.1, 0.15) is 0 Å². The molecule has 0 saturated heterocycles. The molecule has 0 aliphatic rings. The number of anilines is 1. The standard InChI is InChI=1S/C20H13BrClFN4O2/c21-13-3-6-16(15(23)9-13)24-19(28)11-26-7-8-27-18(20(26)29)10-17(25-27)12-1-4-14(22)5-2-12/h1-10H,11H2,(H,24,28). The van der Waals surface area contributed by atoms with Crippen LogP contribution in [0, 0.1) is 5.82 Å². The predicted molar refractivity (Wildman–Crippen MR) is 113 cm³/mol. The smallest absolute Gasteiger partial charge is 0.277 e. The lowest BCUT2D eigenvalue weighted by molar-refractivity contribution is -0.116. The third-order valence-electron chi connectivity index (χ3n) is 4.26. The van der Waals surface area contributed by atoms with Crippen molar-refractivity contribution < 1.29 is 9.18 Å². The van der Waals surface area contributed by atoms with Crippen LogP contribution in [0.4, 0.5) is 10.1 Å². The van der Waals surface area contributed by atoms with Crippen molar-refractivity contribution >= 4 is 44.6 Å². The number of aromatic nitrogens is 3. The summed E-state index contributed by atoms with van der Waals surface area (Å²) in [4.78, 5) is 25.0. The molecule has 0 aliphatic carbocycles. The third-order valence-corrected chi connectivity index (χ3v) is 5.01. The van der Waals surface area contributed by atoms with Gasteiger partial charge in [0, 0.05) is 27.5 Å². The van der Waals surface area contributed by atoms with Crippen LogP contribution < -0.4 is 10.9 Å². The summed E-state index contributed by atoms with van der Waals surface area (Å²) in [5.74, 6) is -1.09. The minimum Gasteiger partial charge on any atom is -0.322 e. The van der Waals surface area contributed by atoms with E-state index in [2.05, 4.69) is 26.3 Å². The minimum atomic E-state index is -0.570. The highest BCUT2D eigenvalue weighted by molar-refractivity contribution is 9.10. The first-order valence-electron chi connectivity index (χ1n) is 8.50. The van der Waals surface area contributed by atoms with E-state index in [4.69, 9.17) is 11.6 Å². The molecular formula is C20H13BrClFN4O2. The Morgan fingerprint density at radius 1 is 1.14 bits per heavy atom. The minimum absolute atomic E-state index is 0.0432. The van der Waals surface area contributed by atoms with E-state index < -0.39 is 11.7 Å². The first-order chi connectivity index (χ1) is 13.9. The fourth-order valence-corrected chi connectivity index (χ4v) is 3.31. The number of hydrogen-bond donors (Lipinski definition) is 1. The van der Waals surface area contributed by atoms with Gasteiger partial charge in [-0.1, -0.05) is 39.7 Å². The van der Waals surface area contributed by atoms with Gasteiger partial charge in [0.25, 0.3) is 5.56 Å². The van der Waals surface area contributed by atoms with Gasteiger partial charge in [0.2, 0.25) is 5.91 Å². The molecule has 2 heterocycles. The molecular weight excluding hydrogens is 463 g/mol. The number of benzene rings is 2. The molecule has 0 unspecified atom stereocenters. The molecule has 29 heavy (non-hydrogen) atoms. The number of carbonyl (C=O) groups is 1. The summed E-state index contributed by atoms with van der Waals surface area (Å²) in [6, 6.07) is 13.0. The van der Waals surface area contributed by atoms with Crippen molar-refractivity contribution in [1.82, 2.24) is 14.2 Å². The van der Waals surface area contributed by atoms with E-state index in [-0.39, 0.29) is 17.8 Å². The molecule has 6 nitrogen and oxygen atoms in total. The molecule has 0 fully saturated rings. The Morgan fingerprint density at radius 2 is 1.90 bits per heavy atom. The Balaban J connectivity index is 1.59. The highest BCUT2D eigenvalue weighted by Crippen LogP contribution is 2.21. The van der Waals surface area contributed by atoms with Crippen molar-refractivity contribution in [2.24, 2.45) is 0 Å². The van der Waals surface area contributed by atoms with Crippen LogP contribution in [0.3, 0.4) is 0 Å². The largest absolute Gasteiger partial charge is 0.322 e. The van der Waals surface area contributed by atoms with Gasteiger partial charge in [-0.2, -0.15) is 5.10 Å². The first kappa shape index (κ1) is 19.4. The molecule has 0 radical (unpaired) electrons. The second kappa shape index (κ2) is 7.81. The second-order valence-corrected chi connectivity index (χ2v) is 7.62. The number of rotatable bonds is 4. The Hall–Kier alpha value is -2.97. The van der Waals surface area contributed by atoms with Crippen molar-refractivity contribution in [3.05, 3.63) is 86.6 Å². The summed E-state index contributed by atoms with van der Waals surface area (Å²) in [7, 11) is 0. The van der Waals surface area contributed by atoms with Crippen LogP contribution in [-0.2, 0) is 11.3 Å². The van der Waals surface area contributed by atoms with Crippen molar-refractivity contribution in [3.8, 4) is 11.3 Å². The summed E-state index contributed by atoms with van der Waals surface area (Å²) in [5.41, 5.74) is 1.40. The van der Waals surface area contributed by atoms with E-state index in [0.717, 1.165) is 5.56 Å². The first-order valence-corrected chi connectivity index (χ1v) is 9.67. The average Bonchev–Trinajstić information content (AvgIpc) is 3.12. The van der Waals surface area contributed by atoms with Gasteiger partial charge in [-0.05, 0) is 36.4 Å². The molecule has 0 saturated carbocycles. The van der Waals surface area contributed by atoms with Crippen LogP contribution in [0.5, 0.6) is 0 Å². The Bertz CT molecular complexity index is 1280. The number of halogens is 3. The molecule has 2 aromatic carbocycles. The van der Waals surface area contributed by atoms with Crippen LogP contribution in [0.15, 0.2) is 70.2 Å². The van der Waals surface area contributed by atoms with Gasteiger partial charge in [0.05, 0.1) is 11.4 Å². The van der Waals surface area contributed by atoms with Crippen molar-refractivity contribution in [2.45, 2.75) is 6.54 Å². The molecule has 0 bridgehead atoms. The van der Waals surface area contributed by atoms with E-state index in [0.29, 0.717) is 20.7 Å². The summed E-state index contributed by atoms with van der Waals surface area (Å²) in [6.07, 6.45) is 3.05. The van der Waals surface area contributed by atoms with Gasteiger partial charge < -0.3 is 9.88 Å². The lowest BCUT2D eigenvalue weighted by Crippen LogP contribution is -2.28. The zero-order valence-corrected chi connectivity index (χ0v) is 17.1. The van der Waals surface area contributed by atoms with Gasteiger partial charge in [0.1, 0.15) is 17.9 Å². The van der Waals surface area contributed by atoms with E-state index in [9.17, 15) is 14.0 Å². The van der Waals surface area contributed by atoms with E-state index >= 15 is 0 Å². The highest BCUT2D eigenvalue weighted by atomic mass is 79.9. The molecule has 1 amide bonds. The van der Waals surface area contributed by atoms with Gasteiger partial charge in [0.15, 0.2) is 0 Å². The number of nitrogens with zero attached hydrogens (tertiary/aromatic N) is 3. The second-order valence-electron chi connectivity index (χ2n) is 6.27. The topological polar surface area (TPSA) is 68.4 Å². The predicted octanol–water partition coefficient (Wildman–Crippen LogP) is 4.36. The fraction of sp³-hybridized carbons (Fsp3) is 0.0500. The lowest BCUT2D eigenvalue weighted by atomic mass is 10.1. The van der Waals surface area contributed by atoms with Crippen molar-refractivity contribution in [3.63, 3.8) is 0 Å². The summed E-state index contributed by atoms with van der Waals surface area (Å²) < 4.78 is 17.2. The van der Waals surface area contributed by atoms with Crippen molar-refractivity contribution in [2.75, 3.05) is 5.32 Å². The van der Waals surface area contributed by atoms with Crippen LogP contribution in [0.25, 0.3) is 16.8 Å². The Kier molecular flexibility index (Phi) is 5.21. The number of nitrogens with one attached hydrogen (secondary N) is 1. The number of hydrogen-bond acceptors (Lipinski definition) is 3. The van der Waals surface area contributed by atoms with Crippen molar-refractivity contribution in [1.29, 1.82) is 0 Å². The van der Waals surface area contributed by atoms with Crippen LogP contribution >= 0.6 is 27.5 Å². The fourth-order valence-electron chi connectivity index (χ4n) is 2.85. The lowest BCUT2D eigenvalue weighted by Gasteiger charge is -2.08. The molecule has 146 valence electrons. The highest BCUT2D eigenvalue weighted by Gasteiger charge is 2.13. The quantitative estimate of drug-likeness (QED) is 0.477. The zero-order valence-electron chi connectivity index (χ0n) is 14.8. The van der Waals surface area contributed by atoms with Gasteiger partial charge >= 0.3 is 0 Å². The average molecular weight is 476 g/mol. The molecule has 0 spiro atoms. The van der Waals surface area contributed by atoms with E-state index in [1.807, 2.05) is 12.1 Å². The summed E-state index contributed by atoms with van der Waals surface area (Å²) in [6.45, 7) is -0.258. The van der Waals surface area contributed by atoms with E-state index in [1.54, 1.807) is 30.5 Å². The summed E-state index contributed by atoms with van der Waals surface area (Å²) in [5, 5.41) is 7.46. The van der Waals surface area contributed by atoms with Crippen LogP contribution in [-0.4, -0.2) is 20.1 Å². The number of carbonyl (C=O) groups excluding carboxylic acids is 1. The zero-order chi connectivity index (χ0) is 20.5. The number of amides is 1. The molecule has 0 aliphatic heterocycles.